The summed E-state index contributed by atoms with van der Waals surface area (Å²) in [7, 11) is 0. The molecule has 2 fully saturated rings. The minimum absolute atomic E-state index is 0.0470. The second-order valence-electron chi connectivity index (χ2n) is 12.8. The molecule has 0 saturated carbocycles. The molecule has 0 spiro atoms. The van der Waals surface area contributed by atoms with E-state index in [2.05, 4.69) is 40.4 Å². The molecule has 2 unspecified atom stereocenters. The molecule has 2 aromatic carbocycles. The Kier molecular flexibility index (Phi) is 16.2. The predicted molar refractivity (Wildman–Crippen MR) is 211 cm³/mol. The molecule has 0 bridgehead atoms. The molecule has 0 radical (unpaired) electrons. The number of halogens is 4. The molecule has 12 nitrogen and oxygen atoms in total. The summed E-state index contributed by atoms with van der Waals surface area (Å²) in [6, 6.07) is 9.94. The van der Waals surface area contributed by atoms with Gasteiger partial charge in [-0.2, -0.15) is 0 Å². The van der Waals surface area contributed by atoms with Gasteiger partial charge >= 0.3 is 0 Å². The first-order chi connectivity index (χ1) is 26.1. The van der Waals surface area contributed by atoms with E-state index in [4.69, 9.17) is 55.9 Å². The average Bonchev–Trinajstić information content (AvgIpc) is 3.61. The fraction of sp³-hybridized carbons (Fsp3) is 0.421. The Morgan fingerprint density at radius 1 is 0.648 bits per heavy atom. The van der Waals surface area contributed by atoms with Gasteiger partial charge in [0.1, 0.15) is 11.6 Å². The zero-order valence-electron chi connectivity index (χ0n) is 30.2. The molecule has 6 rings (SSSR count). The monoisotopic (exact) mass is 816 g/mol. The first kappa shape index (κ1) is 41.7. The Balaban J connectivity index is 0.000000208. The molecule has 4 heterocycles. The summed E-state index contributed by atoms with van der Waals surface area (Å²) in [6.45, 7) is 10.6. The normalized spacial score (nSPS) is 16.6. The van der Waals surface area contributed by atoms with Crippen molar-refractivity contribution in [3.05, 3.63) is 115 Å². The second-order valence-corrected chi connectivity index (χ2v) is 14.4. The van der Waals surface area contributed by atoms with Crippen molar-refractivity contribution in [1.29, 1.82) is 0 Å². The lowest BCUT2D eigenvalue weighted by molar-refractivity contribution is 0.0919. The molecule has 2 amide bonds. The highest BCUT2D eigenvalue weighted by atomic mass is 35.5. The van der Waals surface area contributed by atoms with Crippen molar-refractivity contribution in [2.24, 2.45) is 0 Å². The summed E-state index contributed by atoms with van der Waals surface area (Å²) < 4.78 is 11.1. The van der Waals surface area contributed by atoms with Crippen LogP contribution in [0.2, 0.25) is 20.1 Å². The van der Waals surface area contributed by atoms with E-state index in [1.807, 2.05) is 38.6 Å². The third-order valence-corrected chi connectivity index (χ3v) is 10.5. The summed E-state index contributed by atoms with van der Waals surface area (Å²) >= 11 is 24.5. The molecule has 2 saturated heterocycles. The molecule has 2 aliphatic heterocycles. The van der Waals surface area contributed by atoms with Crippen LogP contribution >= 0.6 is 46.4 Å². The standard InChI is InChI=1S/2C19H22Cl2N4O2/c1-13-22-10-14(11-23-13)17(25-6-3-8-27-9-7-25)12-24-19(26)18-15(20)4-2-5-16(18)21;1-13-22-10-14(11-23-13)17(25-6-3-8-27-9-7-25)12-24-19(26)15-4-2-5-16(20)18(15)21/h2*2,4-5,10-11,17H,3,6-9,12H2,1H3,(H,24,26). The van der Waals surface area contributed by atoms with Gasteiger partial charge in [-0.1, -0.05) is 58.5 Å². The third-order valence-electron chi connectivity index (χ3n) is 9.06. The van der Waals surface area contributed by atoms with Crippen LogP contribution in [0.25, 0.3) is 0 Å². The van der Waals surface area contributed by atoms with Crippen LogP contribution in [0.15, 0.2) is 61.2 Å². The van der Waals surface area contributed by atoms with Crippen LogP contribution in [0.1, 0.15) is 68.4 Å². The number of rotatable bonds is 10. The van der Waals surface area contributed by atoms with Gasteiger partial charge in [0.15, 0.2) is 0 Å². The highest BCUT2D eigenvalue weighted by molar-refractivity contribution is 6.43. The summed E-state index contributed by atoms with van der Waals surface area (Å²) in [6.07, 6.45) is 9.14. The van der Waals surface area contributed by atoms with Crippen molar-refractivity contribution in [2.75, 3.05) is 65.7 Å². The van der Waals surface area contributed by atoms with Gasteiger partial charge in [-0.3, -0.25) is 19.4 Å². The van der Waals surface area contributed by atoms with Crippen LogP contribution in [-0.2, 0) is 9.47 Å². The molecule has 2 atom stereocenters. The van der Waals surface area contributed by atoms with Crippen molar-refractivity contribution in [1.82, 2.24) is 40.4 Å². The van der Waals surface area contributed by atoms with Crippen LogP contribution in [0, 0.1) is 13.8 Å². The van der Waals surface area contributed by atoms with E-state index >= 15 is 0 Å². The van der Waals surface area contributed by atoms with E-state index in [-0.39, 0.29) is 28.9 Å². The lowest BCUT2D eigenvalue weighted by atomic mass is 10.1. The predicted octanol–water partition coefficient (Wildman–Crippen LogP) is 6.57. The molecule has 288 valence electrons. The fourth-order valence-corrected chi connectivity index (χ4v) is 7.13. The van der Waals surface area contributed by atoms with Crippen molar-refractivity contribution in [2.45, 2.75) is 38.8 Å². The van der Waals surface area contributed by atoms with Crippen LogP contribution < -0.4 is 10.6 Å². The van der Waals surface area contributed by atoms with Gasteiger partial charge in [-0.25, -0.2) is 19.9 Å². The Labute approximate surface area is 335 Å². The number of carbonyl (C=O) groups excluding carboxylic acids is 2. The maximum absolute atomic E-state index is 12.7. The third kappa shape index (κ3) is 11.8. The number of amides is 2. The van der Waals surface area contributed by atoms with Gasteiger partial charge in [0.25, 0.3) is 11.8 Å². The molecule has 2 N–H and O–H groups in total. The van der Waals surface area contributed by atoms with E-state index in [0.717, 1.165) is 63.4 Å². The lowest BCUT2D eigenvalue weighted by Gasteiger charge is -2.30. The second kappa shape index (κ2) is 21.0. The quantitative estimate of drug-likeness (QED) is 0.181. The first-order valence-corrected chi connectivity index (χ1v) is 19.3. The van der Waals surface area contributed by atoms with E-state index in [1.54, 1.807) is 36.4 Å². The van der Waals surface area contributed by atoms with Crippen LogP contribution in [-0.4, -0.2) is 107 Å². The molecular formula is C38H44Cl4N8O4. The largest absolute Gasteiger partial charge is 0.380 e. The highest BCUT2D eigenvalue weighted by Gasteiger charge is 2.26. The molecule has 4 aromatic rings. The van der Waals surface area contributed by atoms with E-state index in [9.17, 15) is 9.59 Å². The number of hydrogen-bond donors (Lipinski definition) is 2. The topological polar surface area (TPSA) is 135 Å². The summed E-state index contributed by atoms with van der Waals surface area (Å²) in [5, 5.41) is 7.23. The Bertz CT molecular complexity index is 1800. The van der Waals surface area contributed by atoms with Gasteiger partial charge < -0.3 is 20.1 Å². The van der Waals surface area contributed by atoms with Gasteiger partial charge in [-0.05, 0) is 51.0 Å². The average molecular weight is 819 g/mol. The molecular weight excluding hydrogens is 774 g/mol. The Morgan fingerprint density at radius 3 is 1.59 bits per heavy atom. The van der Waals surface area contributed by atoms with Crippen molar-refractivity contribution >= 4 is 58.2 Å². The summed E-state index contributed by atoms with van der Waals surface area (Å²) in [4.78, 5) is 47.1. The minimum Gasteiger partial charge on any atom is -0.380 e. The van der Waals surface area contributed by atoms with E-state index < -0.39 is 0 Å². The zero-order valence-corrected chi connectivity index (χ0v) is 33.3. The van der Waals surface area contributed by atoms with Crippen LogP contribution in [0.4, 0.5) is 0 Å². The lowest BCUT2D eigenvalue weighted by Crippen LogP contribution is -2.39. The molecule has 16 heteroatoms. The fourth-order valence-electron chi connectivity index (χ4n) is 6.18. The van der Waals surface area contributed by atoms with E-state index in [0.29, 0.717) is 64.1 Å². The van der Waals surface area contributed by atoms with Gasteiger partial charge in [0.05, 0.1) is 56.5 Å². The number of nitrogens with zero attached hydrogens (tertiary/aromatic N) is 6. The minimum atomic E-state index is -0.297. The number of nitrogens with one attached hydrogen (secondary N) is 2. The first-order valence-electron chi connectivity index (χ1n) is 17.8. The number of hydrogen-bond acceptors (Lipinski definition) is 10. The van der Waals surface area contributed by atoms with E-state index in [1.165, 1.54) is 0 Å². The Hall–Kier alpha value is -3.46. The van der Waals surface area contributed by atoms with Gasteiger partial charge in [-0.15, -0.1) is 0 Å². The van der Waals surface area contributed by atoms with Crippen molar-refractivity contribution < 1.29 is 19.1 Å². The molecule has 2 aliphatic rings. The van der Waals surface area contributed by atoms with Crippen molar-refractivity contribution in [3.63, 3.8) is 0 Å². The highest BCUT2D eigenvalue weighted by Crippen LogP contribution is 2.27. The molecule has 2 aromatic heterocycles. The zero-order chi connectivity index (χ0) is 38.5. The molecule has 54 heavy (non-hydrogen) atoms. The van der Waals surface area contributed by atoms with Crippen LogP contribution in [0.5, 0.6) is 0 Å². The maximum Gasteiger partial charge on any atom is 0.254 e. The summed E-state index contributed by atoms with van der Waals surface area (Å²) in [5.41, 5.74) is 2.56. The Morgan fingerprint density at radius 2 is 1.09 bits per heavy atom. The number of benzene rings is 2. The van der Waals surface area contributed by atoms with Crippen LogP contribution in [0.3, 0.4) is 0 Å². The number of aryl methyl sites for hydroxylation is 2. The van der Waals surface area contributed by atoms with Gasteiger partial charge in [0, 0.05) is 88.4 Å². The number of aromatic nitrogens is 4. The summed E-state index contributed by atoms with van der Waals surface area (Å²) in [5.74, 6) is 0.872. The molecule has 0 aliphatic carbocycles. The SMILES string of the molecule is Cc1ncc(C(CNC(=O)c2c(Cl)cccc2Cl)N2CCCOCC2)cn1.Cc1ncc(C(CNC(=O)c2cccc(Cl)c2Cl)N2CCCOCC2)cn1. The maximum atomic E-state index is 12.7. The smallest absolute Gasteiger partial charge is 0.254 e. The number of carbonyl (C=O) groups is 2. The van der Waals surface area contributed by atoms with Gasteiger partial charge in [0.2, 0.25) is 0 Å². The number of ether oxygens (including phenoxy) is 2. The van der Waals surface area contributed by atoms with Crippen molar-refractivity contribution in [3.8, 4) is 0 Å².